The quantitative estimate of drug-likeness (QED) is 0.684. The van der Waals surface area contributed by atoms with E-state index in [1.165, 1.54) is 7.11 Å². The van der Waals surface area contributed by atoms with E-state index in [-0.39, 0.29) is 11.9 Å². The first kappa shape index (κ1) is 15.7. The van der Waals surface area contributed by atoms with Crippen LogP contribution >= 0.6 is 0 Å². The highest BCUT2D eigenvalue weighted by molar-refractivity contribution is 5.76. The Kier molecular flexibility index (Phi) is 3.91. The third-order valence-corrected chi connectivity index (χ3v) is 4.90. The molecule has 0 aromatic carbocycles. The molecule has 0 radical (unpaired) electrons. The van der Waals surface area contributed by atoms with E-state index in [1.54, 1.807) is 4.68 Å². The van der Waals surface area contributed by atoms with Gasteiger partial charge in [-0.3, -0.25) is 9.48 Å². The minimum Gasteiger partial charge on any atom is -0.469 e. The van der Waals surface area contributed by atoms with Gasteiger partial charge in [-0.15, -0.1) is 0 Å². The molecule has 0 N–H and O–H groups in total. The van der Waals surface area contributed by atoms with Gasteiger partial charge >= 0.3 is 5.97 Å². The number of fused-ring (bicyclic) bond motifs is 1. The number of carbonyl (C=O) groups excluding carboxylic acids is 1. The number of pyridine rings is 1. The summed E-state index contributed by atoms with van der Waals surface area (Å²) < 4.78 is 8.56. The number of rotatable bonds is 3. The Bertz CT molecular complexity index is 905. The molecule has 3 aromatic heterocycles. The first-order valence-electron chi connectivity index (χ1n) is 8.45. The van der Waals surface area contributed by atoms with Crippen LogP contribution in [0.15, 0.2) is 36.9 Å². The van der Waals surface area contributed by atoms with Crippen LogP contribution in [0.3, 0.4) is 0 Å². The van der Waals surface area contributed by atoms with Gasteiger partial charge in [0, 0.05) is 43.7 Å². The Morgan fingerprint density at radius 1 is 1.12 bits per heavy atom. The summed E-state index contributed by atoms with van der Waals surface area (Å²) in [6.07, 6.45) is 9.40. The molecular weight excluding hydrogens is 318 g/mol. The Morgan fingerprint density at radius 3 is 2.60 bits per heavy atom. The fraction of sp³-hybridized carbons (Fsp3) is 0.389. The van der Waals surface area contributed by atoms with Gasteiger partial charge in [-0.25, -0.2) is 4.52 Å². The summed E-state index contributed by atoms with van der Waals surface area (Å²) >= 11 is 0. The van der Waals surface area contributed by atoms with Gasteiger partial charge in [0.2, 0.25) is 0 Å². The van der Waals surface area contributed by atoms with E-state index < -0.39 is 0 Å². The lowest BCUT2D eigenvalue weighted by molar-refractivity contribution is -0.146. The standard InChI is InChI=1S/C18H21N5O2/c1-21-11-15(9-19-21)14-3-4-16-17(10-20-23(16)12-14)22-7-5-13(6-8-22)18(24)25-2/h3-4,9-13H,5-8H2,1-2H3. The van der Waals surface area contributed by atoms with Crippen LogP contribution in [0.5, 0.6) is 0 Å². The average molecular weight is 339 g/mol. The first-order chi connectivity index (χ1) is 12.2. The third kappa shape index (κ3) is 2.86. The summed E-state index contributed by atoms with van der Waals surface area (Å²) in [5.74, 6) is -0.0825. The molecule has 0 amide bonds. The molecule has 0 aliphatic carbocycles. The van der Waals surface area contributed by atoms with Gasteiger partial charge in [-0.2, -0.15) is 10.2 Å². The zero-order chi connectivity index (χ0) is 17.4. The molecule has 0 unspecified atom stereocenters. The number of hydrogen-bond acceptors (Lipinski definition) is 5. The highest BCUT2D eigenvalue weighted by atomic mass is 16.5. The van der Waals surface area contributed by atoms with Crippen LogP contribution in [0.2, 0.25) is 0 Å². The van der Waals surface area contributed by atoms with E-state index in [0.29, 0.717) is 0 Å². The van der Waals surface area contributed by atoms with Crippen molar-refractivity contribution in [3.8, 4) is 11.1 Å². The lowest BCUT2D eigenvalue weighted by Gasteiger charge is -2.31. The van der Waals surface area contributed by atoms with E-state index in [0.717, 1.165) is 48.3 Å². The molecule has 3 aromatic rings. The van der Waals surface area contributed by atoms with E-state index in [4.69, 9.17) is 4.74 Å². The maximum Gasteiger partial charge on any atom is 0.308 e. The van der Waals surface area contributed by atoms with Crippen molar-refractivity contribution < 1.29 is 9.53 Å². The largest absolute Gasteiger partial charge is 0.469 e. The highest BCUT2D eigenvalue weighted by Crippen LogP contribution is 2.29. The number of ether oxygens (including phenoxy) is 1. The number of aromatic nitrogens is 4. The van der Waals surface area contributed by atoms with Gasteiger partial charge in [-0.1, -0.05) is 6.07 Å². The molecule has 1 aliphatic heterocycles. The minimum absolute atomic E-state index is 0.0141. The summed E-state index contributed by atoms with van der Waals surface area (Å²) in [5.41, 5.74) is 4.34. The van der Waals surface area contributed by atoms with Gasteiger partial charge in [0.25, 0.3) is 0 Å². The van der Waals surface area contributed by atoms with Gasteiger partial charge in [0.15, 0.2) is 0 Å². The van der Waals surface area contributed by atoms with Crippen LogP contribution in [-0.4, -0.2) is 45.6 Å². The van der Waals surface area contributed by atoms with E-state index >= 15 is 0 Å². The lowest BCUT2D eigenvalue weighted by atomic mass is 9.97. The molecule has 7 heteroatoms. The van der Waals surface area contributed by atoms with Gasteiger partial charge < -0.3 is 9.64 Å². The summed E-state index contributed by atoms with van der Waals surface area (Å²) in [4.78, 5) is 14.0. The minimum atomic E-state index is -0.0966. The average Bonchev–Trinajstić information content (AvgIpc) is 3.27. The maximum absolute atomic E-state index is 11.7. The number of methoxy groups -OCH3 is 1. The molecule has 1 fully saturated rings. The van der Waals surface area contributed by atoms with E-state index in [9.17, 15) is 4.79 Å². The summed E-state index contributed by atoms with van der Waals surface area (Å²) in [6.45, 7) is 1.68. The van der Waals surface area contributed by atoms with Crippen molar-refractivity contribution in [2.24, 2.45) is 13.0 Å². The van der Waals surface area contributed by atoms with Crippen molar-refractivity contribution in [1.82, 2.24) is 19.4 Å². The molecule has 1 aliphatic rings. The van der Waals surface area contributed by atoms with Crippen molar-refractivity contribution in [3.05, 3.63) is 36.9 Å². The molecule has 4 rings (SSSR count). The second kappa shape index (κ2) is 6.23. The van der Waals surface area contributed by atoms with Crippen LogP contribution in [-0.2, 0) is 16.6 Å². The first-order valence-corrected chi connectivity index (χ1v) is 8.45. The van der Waals surface area contributed by atoms with Crippen LogP contribution in [0, 0.1) is 5.92 Å². The number of esters is 1. The van der Waals surface area contributed by atoms with E-state index in [1.807, 2.05) is 36.4 Å². The Hall–Kier alpha value is -2.83. The monoisotopic (exact) mass is 339 g/mol. The Labute approximate surface area is 145 Å². The molecule has 1 saturated heterocycles. The van der Waals surface area contributed by atoms with Gasteiger partial charge in [-0.05, 0) is 18.9 Å². The number of nitrogens with zero attached hydrogens (tertiary/aromatic N) is 5. The number of aryl methyl sites for hydroxylation is 1. The number of piperidine rings is 1. The predicted molar refractivity (Wildman–Crippen MR) is 94.3 cm³/mol. The molecule has 0 bridgehead atoms. The molecule has 25 heavy (non-hydrogen) atoms. The van der Waals surface area contributed by atoms with E-state index in [2.05, 4.69) is 27.2 Å². The second-order valence-corrected chi connectivity index (χ2v) is 6.46. The van der Waals surface area contributed by atoms with Crippen LogP contribution in [0.4, 0.5) is 5.69 Å². The highest BCUT2D eigenvalue weighted by Gasteiger charge is 2.26. The van der Waals surface area contributed by atoms with Crippen molar-refractivity contribution in [3.63, 3.8) is 0 Å². The third-order valence-electron chi connectivity index (χ3n) is 4.90. The fourth-order valence-corrected chi connectivity index (χ4v) is 3.48. The van der Waals surface area contributed by atoms with Crippen molar-refractivity contribution in [2.75, 3.05) is 25.1 Å². The van der Waals surface area contributed by atoms with Crippen molar-refractivity contribution in [2.45, 2.75) is 12.8 Å². The van der Waals surface area contributed by atoms with Crippen LogP contribution < -0.4 is 4.90 Å². The topological polar surface area (TPSA) is 64.7 Å². The summed E-state index contributed by atoms with van der Waals surface area (Å²) in [5, 5.41) is 8.73. The van der Waals surface area contributed by atoms with Crippen molar-refractivity contribution in [1.29, 1.82) is 0 Å². The zero-order valence-corrected chi connectivity index (χ0v) is 14.4. The second-order valence-electron chi connectivity index (χ2n) is 6.46. The summed E-state index contributed by atoms with van der Waals surface area (Å²) in [6, 6.07) is 4.19. The Morgan fingerprint density at radius 2 is 1.92 bits per heavy atom. The number of anilines is 1. The molecule has 0 spiro atoms. The molecule has 130 valence electrons. The van der Waals surface area contributed by atoms with Gasteiger partial charge in [0.05, 0.1) is 36.6 Å². The summed E-state index contributed by atoms with van der Waals surface area (Å²) in [7, 11) is 3.37. The molecule has 4 heterocycles. The normalized spacial score (nSPS) is 15.7. The zero-order valence-electron chi connectivity index (χ0n) is 14.4. The fourth-order valence-electron chi connectivity index (χ4n) is 3.48. The molecular formula is C18H21N5O2. The van der Waals surface area contributed by atoms with Crippen LogP contribution in [0.1, 0.15) is 12.8 Å². The Balaban J connectivity index is 1.57. The van der Waals surface area contributed by atoms with Crippen molar-refractivity contribution >= 4 is 17.2 Å². The molecule has 0 saturated carbocycles. The SMILES string of the molecule is COC(=O)C1CCN(c2cnn3cc(-c4cnn(C)c4)ccc23)CC1. The van der Waals surface area contributed by atoms with Gasteiger partial charge in [0.1, 0.15) is 0 Å². The smallest absolute Gasteiger partial charge is 0.308 e. The lowest BCUT2D eigenvalue weighted by Crippen LogP contribution is -2.36. The number of carbonyl (C=O) groups is 1. The molecule has 0 atom stereocenters. The maximum atomic E-state index is 11.7. The molecule has 7 nitrogen and oxygen atoms in total. The number of hydrogen-bond donors (Lipinski definition) is 0. The predicted octanol–water partition coefficient (Wildman–Crippen LogP) is 2.12. The van der Waals surface area contributed by atoms with Crippen LogP contribution in [0.25, 0.3) is 16.6 Å².